The zero-order valence-corrected chi connectivity index (χ0v) is 16.3. The molecule has 6 nitrogen and oxygen atoms in total. The van der Waals surface area contributed by atoms with Gasteiger partial charge in [-0.1, -0.05) is 51.2 Å². The summed E-state index contributed by atoms with van der Waals surface area (Å²) >= 11 is 0. The van der Waals surface area contributed by atoms with Crippen molar-refractivity contribution in [2.24, 2.45) is 0 Å². The molecule has 0 aromatic heterocycles. The predicted octanol–water partition coefficient (Wildman–Crippen LogP) is 4.24. The highest BCUT2D eigenvalue weighted by atomic mass is 32.2. The summed E-state index contributed by atoms with van der Waals surface area (Å²) in [5.41, 5.74) is 0.608. The molecule has 0 atom stereocenters. The fraction of sp³-hybridized carbons (Fsp3) is 0.444. The van der Waals surface area contributed by atoms with E-state index in [9.17, 15) is 25.9 Å². The Hall–Kier alpha value is -1.48. The van der Waals surface area contributed by atoms with Crippen LogP contribution in [-0.4, -0.2) is 25.9 Å². The van der Waals surface area contributed by atoms with Gasteiger partial charge in [-0.05, 0) is 36.6 Å². The molecule has 144 valence electrons. The first kappa shape index (κ1) is 20.8. The highest BCUT2D eigenvalue weighted by Crippen LogP contribution is 2.30. The number of aryl methyl sites for hydroxylation is 1. The van der Waals surface area contributed by atoms with Crippen LogP contribution in [0.1, 0.15) is 51.0 Å². The summed E-state index contributed by atoms with van der Waals surface area (Å²) in [6.45, 7) is 2.14. The summed E-state index contributed by atoms with van der Waals surface area (Å²) in [6.07, 6.45) is 6.94. The van der Waals surface area contributed by atoms with Crippen LogP contribution in [0.4, 0.5) is 0 Å². The second-order valence-electron chi connectivity index (χ2n) is 6.41. The maximum Gasteiger partial charge on any atom is 0.295 e. The van der Waals surface area contributed by atoms with Crippen LogP contribution in [0.3, 0.4) is 0 Å². The van der Waals surface area contributed by atoms with Crippen molar-refractivity contribution in [3.05, 3.63) is 35.9 Å². The van der Waals surface area contributed by atoms with Gasteiger partial charge in [0.05, 0.1) is 0 Å². The molecule has 0 bridgehead atoms. The van der Waals surface area contributed by atoms with Crippen LogP contribution in [0.5, 0.6) is 0 Å². The third-order valence-corrected chi connectivity index (χ3v) is 6.16. The Bertz CT molecular complexity index is 978. The lowest BCUT2D eigenvalue weighted by molar-refractivity contribution is 0.481. The average Bonchev–Trinajstić information content (AvgIpc) is 2.55. The standard InChI is InChI=1S/C18H24O6S2/c1-2-3-4-5-6-7-9-14-12-16-15(18(13-14)26(22,23)24)10-8-11-17(16)25(19,20)21/h8,10-13H,2-7,9H2,1H3,(H,19,20,21)(H,22,23,24). The lowest BCUT2D eigenvalue weighted by Crippen LogP contribution is -2.04. The van der Waals surface area contributed by atoms with E-state index in [-0.39, 0.29) is 20.6 Å². The largest absolute Gasteiger partial charge is 0.295 e. The van der Waals surface area contributed by atoms with Gasteiger partial charge < -0.3 is 0 Å². The van der Waals surface area contributed by atoms with Crippen LogP contribution >= 0.6 is 0 Å². The molecule has 0 saturated heterocycles. The van der Waals surface area contributed by atoms with Crippen molar-refractivity contribution in [3.8, 4) is 0 Å². The normalized spacial score (nSPS) is 12.6. The van der Waals surface area contributed by atoms with Gasteiger partial charge in [0, 0.05) is 10.8 Å². The van der Waals surface area contributed by atoms with Crippen LogP contribution < -0.4 is 0 Å². The number of hydrogen-bond acceptors (Lipinski definition) is 4. The Kier molecular flexibility index (Phi) is 6.79. The second-order valence-corrected chi connectivity index (χ2v) is 9.19. The van der Waals surface area contributed by atoms with Gasteiger partial charge in [0.2, 0.25) is 0 Å². The minimum Gasteiger partial charge on any atom is -0.282 e. The topological polar surface area (TPSA) is 109 Å². The molecule has 2 aromatic rings. The van der Waals surface area contributed by atoms with Gasteiger partial charge in [0.25, 0.3) is 20.2 Å². The van der Waals surface area contributed by atoms with Crippen molar-refractivity contribution < 1.29 is 25.9 Å². The zero-order valence-electron chi connectivity index (χ0n) is 14.7. The molecule has 0 unspecified atom stereocenters. The van der Waals surface area contributed by atoms with Crippen molar-refractivity contribution in [1.82, 2.24) is 0 Å². The molecule has 26 heavy (non-hydrogen) atoms. The fourth-order valence-electron chi connectivity index (χ4n) is 3.07. The smallest absolute Gasteiger partial charge is 0.282 e. The highest BCUT2D eigenvalue weighted by molar-refractivity contribution is 7.86. The first-order valence-corrected chi connectivity index (χ1v) is 11.5. The van der Waals surface area contributed by atoms with Gasteiger partial charge in [-0.2, -0.15) is 16.8 Å². The summed E-state index contributed by atoms with van der Waals surface area (Å²) in [7, 11) is -9.05. The summed E-state index contributed by atoms with van der Waals surface area (Å²) in [5, 5.41) is 0.153. The van der Waals surface area contributed by atoms with Crippen molar-refractivity contribution in [1.29, 1.82) is 0 Å². The fourth-order valence-corrected chi connectivity index (χ4v) is 4.53. The molecule has 8 heteroatoms. The van der Waals surface area contributed by atoms with E-state index in [0.29, 0.717) is 12.0 Å². The Morgan fingerprint density at radius 1 is 0.769 bits per heavy atom. The molecule has 0 radical (unpaired) electrons. The summed E-state index contributed by atoms with van der Waals surface area (Å²) in [4.78, 5) is -0.717. The van der Waals surface area contributed by atoms with Crippen LogP contribution in [0.25, 0.3) is 10.8 Å². The molecule has 0 spiro atoms. The summed E-state index contributed by atoms with van der Waals surface area (Å²) in [5.74, 6) is 0. The van der Waals surface area contributed by atoms with E-state index in [4.69, 9.17) is 0 Å². The SMILES string of the molecule is CCCCCCCCc1cc(S(=O)(=O)O)c2cccc(S(=O)(=O)O)c2c1. The Morgan fingerprint density at radius 3 is 2.00 bits per heavy atom. The zero-order chi connectivity index (χ0) is 19.4. The van der Waals surface area contributed by atoms with Crippen LogP contribution in [-0.2, 0) is 26.7 Å². The third-order valence-electron chi connectivity index (χ3n) is 4.35. The molecule has 0 aliphatic heterocycles. The van der Waals surface area contributed by atoms with E-state index in [2.05, 4.69) is 6.92 Å². The molecule has 2 N–H and O–H groups in total. The van der Waals surface area contributed by atoms with Crippen molar-refractivity contribution in [2.75, 3.05) is 0 Å². The average molecular weight is 401 g/mol. The van der Waals surface area contributed by atoms with E-state index in [0.717, 1.165) is 32.1 Å². The van der Waals surface area contributed by atoms with Gasteiger partial charge in [-0.15, -0.1) is 0 Å². The van der Waals surface area contributed by atoms with E-state index >= 15 is 0 Å². The number of rotatable bonds is 9. The molecule has 2 aromatic carbocycles. The van der Waals surface area contributed by atoms with Crippen LogP contribution in [0.15, 0.2) is 40.1 Å². The highest BCUT2D eigenvalue weighted by Gasteiger charge is 2.20. The second kappa shape index (κ2) is 8.47. The molecular weight excluding hydrogens is 376 g/mol. The van der Waals surface area contributed by atoms with E-state index < -0.39 is 20.2 Å². The Morgan fingerprint density at radius 2 is 1.38 bits per heavy atom. The Balaban J connectivity index is 2.43. The van der Waals surface area contributed by atoms with E-state index in [1.807, 2.05) is 0 Å². The summed E-state index contributed by atoms with van der Waals surface area (Å²) < 4.78 is 65.7. The number of hydrogen-bond donors (Lipinski definition) is 2. The van der Waals surface area contributed by atoms with E-state index in [1.165, 1.54) is 30.7 Å². The number of fused-ring (bicyclic) bond motifs is 1. The maximum absolute atomic E-state index is 11.8. The Labute approximate surface area is 154 Å². The number of unbranched alkanes of at least 4 members (excludes halogenated alkanes) is 5. The molecule has 0 heterocycles. The van der Waals surface area contributed by atoms with Crippen molar-refractivity contribution >= 4 is 31.0 Å². The van der Waals surface area contributed by atoms with Crippen LogP contribution in [0.2, 0.25) is 0 Å². The minimum absolute atomic E-state index is 0.0642. The van der Waals surface area contributed by atoms with Crippen molar-refractivity contribution in [3.63, 3.8) is 0 Å². The first-order valence-electron chi connectivity index (χ1n) is 8.65. The summed E-state index contributed by atoms with van der Waals surface area (Å²) in [6, 6.07) is 6.88. The van der Waals surface area contributed by atoms with Crippen molar-refractivity contribution in [2.45, 2.75) is 61.7 Å². The van der Waals surface area contributed by atoms with Crippen LogP contribution in [0, 0.1) is 0 Å². The predicted molar refractivity (Wildman–Crippen MR) is 101 cm³/mol. The third kappa shape index (κ3) is 5.26. The number of benzene rings is 2. The van der Waals surface area contributed by atoms with Gasteiger partial charge in [0.1, 0.15) is 9.79 Å². The quantitative estimate of drug-likeness (QED) is 0.481. The van der Waals surface area contributed by atoms with E-state index in [1.54, 1.807) is 6.07 Å². The molecule has 0 aliphatic rings. The molecule has 2 rings (SSSR count). The monoisotopic (exact) mass is 400 g/mol. The molecule has 0 amide bonds. The van der Waals surface area contributed by atoms with Gasteiger partial charge in [0.15, 0.2) is 0 Å². The lowest BCUT2D eigenvalue weighted by Gasteiger charge is -2.11. The molecule has 0 fully saturated rings. The molecular formula is C18H24O6S2. The minimum atomic E-state index is -4.53. The van der Waals surface area contributed by atoms with Gasteiger partial charge in [-0.25, -0.2) is 0 Å². The molecule has 0 aliphatic carbocycles. The van der Waals surface area contributed by atoms with Gasteiger partial charge >= 0.3 is 0 Å². The lowest BCUT2D eigenvalue weighted by atomic mass is 10.0. The maximum atomic E-state index is 11.8. The van der Waals surface area contributed by atoms with Gasteiger partial charge in [-0.3, -0.25) is 9.11 Å². The molecule has 0 saturated carbocycles. The first-order chi connectivity index (χ1) is 12.1.